The third-order valence-corrected chi connectivity index (χ3v) is 19.8. The van der Waals surface area contributed by atoms with Crippen molar-refractivity contribution in [3.8, 4) is 0 Å². The van der Waals surface area contributed by atoms with E-state index in [-0.39, 0.29) is 18.9 Å². The van der Waals surface area contributed by atoms with E-state index < -0.39 is 124 Å². The third kappa shape index (κ3) is 41.1. The second kappa shape index (κ2) is 60.7. The topological polar surface area (TPSA) is 307 Å². The van der Waals surface area contributed by atoms with Crippen molar-refractivity contribution in [2.24, 2.45) is 0 Å². The van der Waals surface area contributed by atoms with Gasteiger partial charge in [-0.15, -0.1) is 0 Å². The molecule has 0 radical (unpaired) electrons. The van der Waals surface area contributed by atoms with Crippen LogP contribution in [0.3, 0.4) is 0 Å². The molecule has 3 fully saturated rings. The molecule has 1 amide bonds. The van der Waals surface area contributed by atoms with Crippen molar-refractivity contribution in [2.75, 3.05) is 26.4 Å². The molecule has 17 unspecified atom stereocenters. The number of amides is 1. The largest absolute Gasteiger partial charge is 0.394 e. The van der Waals surface area contributed by atoms with Crippen LogP contribution in [0.4, 0.5) is 0 Å². The van der Waals surface area contributed by atoms with Crippen LogP contribution in [0.25, 0.3) is 0 Å². The van der Waals surface area contributed by atoms with Crippen LogP contribution in [0.15, 0.2) is 60.8 Å². The second-order valence-corrected chi connectivity index (χ2v) is 28.5. The third-order valence-electron chi connectivity index (χ3n) is 19.8. The SMILES string of the molecule is CCCCCCC/C=C\C/C=C\C/C=C\CCCCCCCCCCCCCCCCCCCCCCCCCCC(=O)NC(COC1OC(CO)C(OC2OC(CO)C(OC3OC(CO)C(O)C(O)C3O)C(O)C2O)C(O)C1O)C(O)/C=C/CC/C=C/CCCCCCCCCCC. The van der Waals surface area contributed by atoms with Gasteiger partial charge in [0.05, 0.1) is 38.6 Å². The van der Waals surface area contributed by atoms with E-state index >= 15 is 0 Å². The summed E-state index contributed by atoms with van der Waals surface area (Å²) in [6, 6.07) is -0.990. The molecule has 3 aliphatic rings. The van der Waals surface area contributed by atoms with Gasteiger partial charge in [0.2, 0.25) is 5.91 Å². The Hall–Kier alpha value is -2.51. The Kier molecular flexibility index (Phi) is 55.6. The summed E-state index contributed by atoms with van der Waals surface area (Å²) in [5, 5.41) is 121. The molecule has 17 atom stereocenters. The highest BCUT2D eigenvalue weighted by Gasteiger charge is 2.54. The van der Waals surface area contributed by atoms with Gasteiger partial charge in [0.15, 0.2) is 18.9 Å². The van der Waals surface area contributed by atoms with Gasteiger partial charge >= 0.3 is 0 Å². The van der Waals surface area contributed by atoms with Crippen LogP contribution in [0.1, 0.15) is 309 Å². The average Bonchev–Trinajstić information content (AvgIpc) is 0.784. The van der Waals surface area contributed by atoms with E-state index in [4.69, 9.17) is 28.4 Å². The van der Waals surface area contributed by atoms with Crippen molar-refractivity contribution in [1.82, 2.24) is 5.32 Å². The number of rotatable bonds is 63. The van der Waals surface area contributed by atoms with Crippen LogP contribution in [0, 0.1) is 0 Å². The molecule has 3 aliphatic heterocycles. The highest BCUT2D eigenvalue weighted by atomic mass is 16.8. The Balaban J connectivity index is 1.30. The van der Waals surface area contributed by atoms with Gasteiger partial charge in [-0.1, -0.05) is 293 Å². The van der Waals surface area contributed by atoms with Crippen molar-refractivity contribution in [3.05, 3.63) is 60.8 Å². The van der Waals surface area contributed by atoms with Gasteiger partial charge in [-0.25, -0.2) is 0 Å². The molecule has 19 nitrogen and oxygen atoms in total. The van der Waals surface area contributed by atoms with E-state index in [0.717, 1.165) is 51.4 Å². The zero-order valence-electron chi connectivity index (χ0n) is 61.7. The highest BCUT2D eigenvalue weighted by molar-refractivity contribution is 5.76. The number of aliphatic hydroxyl groups is 11. The fourth-order valence-electron chi connectivity index (χ4n) is 13.3. The minimum Gasteiger partial charge on any atom is -0.394 e. The number of unbranched alkanes of at least 4 members (excludes halogenated alkanes) is 39. The Morgan fingerprint density at radius 2 is 0.677 bits per heavy atom. The van der Waals surface area contributed by atoms with Crippen molar-refractivity contribution in [1.29, 1.82) is 0 Å². The first-order valence-corrected chi connectivity index (χ1v) is 40.0. The summed E-state index contributed by atoms with van der Waals surface area (Å²) in [6.07, 6.45) is 51.0. The maximum atomic E-state index is 13.4. The van der Waals surface area contributed by atoms with E-state index in [1.54, 1.807) is 6.08 Å². The monoisotopic (exact) mass is 1410 g/mol. The summed E-state index contributed by atoms with van der Waals surface area (Å²) < 4.78 is 34.4. The molecule has 19 heteroatoms. The fraction of sp³-hybridized carbons (Fsp3) is 0.863. The molecule has 0 saturated carbocycles. The summed E-state index contributed by atoms with van der Waals surface area (Å²) in [5.74, 6) is -0.282. The van der Waals surface area contributed by atoms with Crippen LogP contribution in [-0.2, 0) is 33.2 Å². The molecule has 0 aromatic heterocycles. The number of allylic oxidation sites excluding steroid dienone is 9. The van der Waals surface area contributed by atoms with E-state index in [0.29, 0.717) is 12.8 Å². The molecule has 99 heavy (non-hydrogen) atoms. The number of ether oxygens (including phenoxy) is 6. The van der Waals surface area contributed by atoms with E-state index in [1.807, 2.05) is 6.08 Å². The lowest BCUT2D eigenvalue weighted by Gasteiger charge is -2.48. The molecule has 0 aromatic carbocycles. The Labute approximate surface area is 598 Å². The predicted molar refractivity (Wildman–Crippen MR) is 392 cm³/mol. The Morgan fingerprint density at radius 1 is 0.364 bits per heavy atom. The summed E-state index contributed by atoms with van der Waals surface area (Å²) in [4.78, 5) is 13.4. The molecule has 0 aliphatic carbocycles. The van der Waals surface area contributed by atoms with Crippen molar-refractivity contribution >= 4 is 5.91 Å². The number of aliphatic hydroxyl groups excluding tert-OH is 11. The Morgan fingerprint density at radius 3 is 1.08 bits per heavy atom. The average molecular weight is 1410 g/mol. The molecule has 0 bridgehead atoms. The molecular formula is C80H145NO18. The van der Waals surface area contributed by atoms with Crippen LogP contribution < -0.4 is 5.32 Å². The molecule has 578 valence electrons. The summed E-state index contributed by atoms with van der Waals surface area (Å²) in [5.41, 5.74) is 0. The van der Waals surface area contributed by atoms with Crippen LogP contribution >= 0.6 is 0 Å². The quantitative estimate of drug-likeness (QED) is 0.0199. The van der Waals surface area contributed by atoms with Gasteiger partial charge in [-0.05, 0) is 70.6 Å². The first kappa shape index (κ1) is 90.7. The van der Waals surface area contributed by atoms with Crippen molar-refractivity contribution in [2.45, 2.75) is 413 Å². The lowest BCUT2D eigenvalue weighted by atomic mass is 9.96. The van der Waals surface area contributed by atoms with Crippen LogP contribution in [-0.4, -0.2) is 193 Å². The summed E-state index contributed by atoms with van der Waals surface area (Å²) in [7, 11) is 0. The minimum atomic E-state index is -1.98. The van der Waals surface area contributed by atoms with Gasteiger partial charge in [-0.2, -0.15) is 0 Å². The summed E-state index contributed by atoms with van der Waals surface area (Å²) >= 11 is 0. The van der Waals surface area contributed by atoms with Crippen molar-refractivity contribution in [3.63, 3.8) is 0 Å². The smallest absolute Gasteiger partial charge is 0.220 e. The zero-order valence-corrected chi connectivity index (χ0v) is 61.7. The first-order chi connectivity index (χ1) is 48.3. The maximum Gasteiger partial charge on any atom is 0.220 e. The van der Waals surface area contributed by atoms with E-state index in [2.05, 4.69) is 67.8 Å². The van der Waals surface area contributed by atoms with Crippen LogP contribution in [0.5, 0.6) is 0 Å². The maximum absolute atomic E-state index is 13.4. The molecule has 0 spiro atoms. The number of carbonyl (C=O) groups excluding carboxylic acids is 1. The predicted octanol–water partition coefficient (Wildman–Crippen LogP) is 13.1. The first-order valence-electron chi connectivity index (χ1n) is 40.0. The number of hydrogen-bond acceptors (Lipinski definition) is 18. The Bertz CT molecular complexity index is 2020. The van der Waals surface area contributed by atoms with Gasteiger partial charge < -0.3 is 89.9 Å². The van der Waals surface area contributed by atoms with Gasteiger partial charge in [0.25, 0.3) is 0 Å². The molecule has 3 heterocycles. The molecule has 0 aromatic rings. The lowest BCUT2D eigenvalue weighted by molar-refractivity contribution is -0.379. The van der Waals surface area contributed by atoms with Crippen molar-refractivity contribution < 1.29 is 89.4 Å². The van der Waals surface area contributed by atoms with E-state index in [9.17, 15) is 61.0 Å². The van der Waals surface area contributed by atoms with Gasteiger partial charge in [0.1, 0.15) is 73.2 Å². The number of hydrogen-bond donors (Lipinski definition) is 12. The van der Waals surface area contributed by atoms with Gasteiger partial charge in [0, 0.05) is 6.42 Å². The minimum absolute atomic E-state index is 0.238. The number of carbonyl (C=O) groups is 1. The number of nitrogens with one attached hydrogen (secondary N) is 1. The molecular weight excluding hydrogens is 1260 g/mol. The standard InChI is InChI=1S/C80H145NO18/c1-3-5-7-9-11-13-15-17-19-20-21-22-23-24-25-26-27-28-29-30-31-32-33-34-35-36-37-38-39-40-41-42-44-46-48-50-52-54-56-58-68(86)81-63(64(85)57-55-53-51-49-47-45-43-18-16-14-12-10-8-6-4-2)62-94-78-74(92)71(89)76(66(60-83)96-78)99-80-75(93)72(90)77(67(61-84)97-80)98-79-73(91)70(88)69(87)65(59-82)95-79/h15,17,20-21,23-24,47,49,55,57,63-67,69-80,82-85,87-93H,3-14,16,18-19,22,25-46,48,50-54,56,58-62H2,1-2H3,(H,81,86)/b17-15-,21-20-,24-23-,49-47+,57-55+. The van der Waals surface area contributed by atoms with Gasteiger partial charge in [-0.3, -0.25) is 4.79 Å². The second-order valence-electron chi connectivity index (χ2n) is 28.5. The molecule has 3 rings (SSSR count). The normalized spacial score (nSPS) is 26.9. The zero-order chi connectivity index (χ0) is 71.8. The lowest BCUT2D eigenvalue weighted by Crippen LogP contribution is -2.66. The van der Waals surface area contributed by atoms with E-state index in [1.165, 1.54) is 225 Å². The highest BCUT2D eigenvalue weighted by Crippen LogP contribution is 2.33. The molecule has 3 saturated heterocycles. The van der Waals surface area contributed by atoms with Crippen LogP contribution in [0.2, 0.25) is 0 Å². The fourth-order valence-corrected chi connectivity index (χ4v) is 13.3. The summed E-state index contributed by atoms with van der Waals surface area (Å²) in [6.45, 7) is 1.72. The molecule has 12 N–H and O–H groups in total.